The summed E-state index contributed by atoms with van der Waals surface area (Å²) in [5, 5.41) is 5.57. The van der Waals surface area contributed by atoms with Gasteiger partial charge in [0.15, 0.2) is 0 Å². The summed E-state index contributed by atoms with van der Waals surface area (Å²) in [5.74, 6) is -0.286. The van der Waals surface area contributed by atoms with Gasteiger partial charge >= 0.3 is 0 Å². The van der Waals surface area contributed by atoms with E-state index in [9.17, 15) is 9.59 Å². The van der Waals surface area contributed by atoms with Crippen LogP contribution in [-0.4, -0.2) is 18.4 Å². The van der Waals surface area contributed by atoms with Gasteiger partial charge in [0.25, 0.3) is 0 Å². The molecule has 4 nitrogen and oxygen atoms in total. The first kappa shape index (κ1) is 20.4. The average Bonchev–Trinajstić information content (AvgIpc) is 2.65. The first-order valence-electron chi connectivity index (χ1n) is 9.22. The van der Waals surface area contributed by atoms with Crippen molar-refractivity contribution >= 4 is 17.9 Å². The largest absolute Gasteiger partial charge is 0.352 e. The molecule has 0 fully saturated rings. The molecular formula is C23H28N2O2. The summed E-state index contributed by atoms with van der Waals surface area (Å²) < 4.78 is 0. The van der Waals surface area contributed by atoms with Gasteiger partial charge in [-0.25, -0.2) is 0 Å². The van der Waals surface area contributed by atoms with Gasteiger partial charge in [0, 0.05) is 25.6 Å². The van der Waals surface area contributed by atoms with Crippen LogP contribution in [0.25, 0.3) is 6.08 Å². The third kappa shape index (κ3) is 7.48. The Morgan fingerprint density at radius 2 is 1.59 bits per heavy atom. The molecule has 0 saturated heterocycles. The minimum Gasteiger partial charge on any atom is -0.352 e. The van der Waals surface area contributed by atoms with Crippen LogP contribution in [0.4, 0.5) is 0 Å². The molecule has 0 atom stereocenters. The highest BCUT2D eigenvalue weighted by Gasteiger charge is 2.12. The molecule has 0 radical (unpaired) electrons. The Hall–Kier alpha value is -2.88. The molecule has 142 valence electrons. The van der Waals surface area contributed by atoms with Gasteiger partial charge in [0.05, 0.1) is 0 Å². The van der Waals surface area contributed by atoms with E-state index in [0.29, 0.717) is 13.1 Å². The van der Waals surface area contributed by atoms with E-state index >= 15 is 0 Å². The maximum absolute atomic E-state index is 11.9. The van der Waals surface area contributed by atoms with Crippen LogP contribution >= 0.6 is 0 Å². The Morgan fingerprint density at radius 1 is 0.926 bits per heavy atom. The van der Waals surface area contributed by atoms with E-state index in [-0.39, 0.29) is 23.7 Å². The van der Waals surface area contributed by atoms with Gasteiger partial charge in [0.1, 0.15) is 0 Å². The minimum atomic E-state index is -0.203. The Kier molecular flexibility index (Phi) is 7.35. The Morgan fingerprint density at radius 3 is 2.22 bits per heavy atom. The Labute approximate surface area is 161 Å². The first-order chi connectivity index (χ1) is 12.8. The molecule has 0 bridgehead atoms. The zero-order valence-electron chi connectivity index (χ0n) is 16.3. The summed E-state index contributed by atoms with van der Waals surface area (Å²) in [6.07, 6.45) is 3.53. The second-order valence-electron chi connectivity index (χ2n) is 7.51. The monoisotopic (exact) mass is 364 g/mol. The van der Waals surface area contributed by atoms with Gasteiger partial charge < -0.3 is 10.6 Å². The molecule has 2 amide bonds. The van der Waals surface area contributed by atoms with Crippen LogP contribution < -0.4 is 10.6 Å². The van der Waals surface area contributed by atoms with Crippen molar-refractivity contribution < 1.29 is 9.59 Å². The predicted octanol–water partition coefficient (Wildman–Crippen LogP) is 3.82. The van der Waals surface area contributed by atoms with Crippen molar-refractivity contribution in [2.75, 3.05) is 6.54 Å². The number of hydrogen-bond donors (Lipinski definition) is 2. The standard InChI is InChI=1S/C23H28N2O2/c1-23(2,3)20-12-9-18(10-13-20)11-14-21(26)24-16-15-22(27)25-17-19-7-5-4-6-8-19/h4-14H,15-17H2,1-3H3,(H,24,26)(H,25,27)/b14-11+. The van der Waals surface area contributed by atoms with Crippen LogP contribution in [0.2, 0.25) is 0 Å². The molecule has 2 N–H and O–H groups in total. The fourth-order valence-corrected chi connectivity index (χ4v) is 2.51. The van der Waals surface area contributed by atoms with E-state index in [2.05, 4.69) is 43.5 Å². The Bertz CT molecular complexity index is 772. The topological polar surface area (TPSA) is 58.2 Å². The number of carbonyl (C=O) groups is 2. The van der Waals surface area contributed by atoms with Gasteiger partial charge in [-0.3, -0.25) is 9.59 Å². The second-order valence-corrected chi connectivity index (χ2v) is 7.51. The van der Waals surface area contributed by atoms with Crippen LogP contribution in [0.5, 0.6) is 0 Å². The van der Waals surface area contributed by atoms with Gasteiger partial charge in [-0.05, 0) is 28.2 Å². The molecule has 0 unspecified atom stereocenters. The lowest BCUT2D eigenvalue weighted by Crippen LogP contribution is -2.29. The lowest BCUT2D eigenvalue weighted by atomic mass is 9.87. The third-order valence-electron chi connectivity index (χ3n) is 4.19. The summed E-state index contributed by atoms with van der Waals surface area (Å²) in [6, 6.07) is 17.9. The fourth-order valence-electron chi connectivity index (χ4n) is 2.51. The molecule has 0 aliphatic carbocycles. The predicted molar refractivity (Wildman–Crippen MR) is 110 cm³/mol. The molecule has 0 saturated carbocycles. The lowest BCUT2D eigenvalue weighted by molar-refractivity contribution is -0.121. The minimum absolute atomic E-state index is 0.0825. The fraction of sp³-hybridized carbons (Fsp3) is 0.304. The maximum atomic E-state index is 11.9. The van der Waals surface area contributed by atoms with Crippen molar-refractivity contribution in [1.82, 2.24) is 10.6 Å². The third-order valence-corrected chi connectivity index (χ3v) is 4.19. The summed E-state index contributed by atoms with van der Waals surface area (Å²) in [7, 11) is 0. The van der Waals surface area contributed by atoms with Crippen LogP contribution in [0, 0.1) is 0 Å². The van der Waals surface area contributed by atoms with Crippen LogP contribution in [0.1, 0.15) is 43.9 Å². The van der Waals surface area contributed by atoms with Gasteiger partial charge in [-0.1, -0.05) is 75.4 Å². The Balaban J connectivity index is 1.69. The number of nitrogens with one attached hydrogen (secondary N) is 2. The SMILES string of the molecule is CC(C)(C)c1ccc(/C=C/C(=O)NCCC(=O)NCc2ccccc2)cc1. The highest BCUT2D eigenvalue weighted by atomic mass is 16.2. The molecular weight excluding hydrogens is 336 g/mol. The van der Waals surface area contributed by atoms with Crippen molar-refractivity contribution in [1.29, 1.82) is 0 Å². The maximum Gasteiger partial charge on any atom is 0.244 e. The molecule has 0 aromatic heterocycles. The summed E-state index contributed by atoms with van der Waals surface area (Å²) in [5.41, 5.74) is 3.39. The molecule has 2 rings (SSSR count). The van der Waals surface area contributed by atoms with E-state index in [1.54, 1.807) is 6.08 Å². The number of rotatable bonds is 7. The smallest absolute Gasteiger partial charge is 0.244 e. The highest BCUT2D eigenvalue weighted by molar-refractivity contribution is 5.92. The molecule has 0 spiro atoms. The second kappa shape index (κ2) is 9.72. The zero-order valence-corrected chi connectivity index (χ0v) is 16.3. The molecule has 0 heterocycles. The first-order valence-corrected chi connectivity index (χ1v) is 9.22. The highest BCUT2D eigenvalue weighted by Crippen LogP contribution is 2.22. The summed E-state index contributed by atoms with van der Waals surface area (Å²) in [4.78, 5) is 23.7. The average molecular weight is 364 g/mol. The summed E-state index contributed by atoms with van der Waals surface area (Å²) in [6.45, 7) is 7.31. The van der Waals surface area contributed by atoms with Crippen LogP contribution in [-0.2, 0) is 21.5 Å². The number of benzene rings is 2. The van der Waals surface area contributed by atoms with Gasteiger partial charge in [0.2, 0.25) is 11.8 Å². The number of amides is 2. The number of hydrogen-bond acceptors (Lipinski definition) is 2. The van der Waals surface area contributed by atoms with E-state index in [4.69, 9.17) is 0 Å². The van der Waals surface area contributed by atoms with E-state index in [1.807, 2.05) is 42.5 Å². The van der Waals surface area contributed by atoms with Crippen molar-refractivity contribution in [3.8, 4) is 0 Å². The quantitative estimate of drug-likeness (QED) is 0.734. The number of carbonyl (C=O) groups excluding carboxylic acids is 2. The zero-order chi connectivity index (χ0) is 19.7. The van der Waals surface area contributed by atoms with Gasteiger partial charge in [-0.15, -0.1) is 0 Å². The van der Waals surface area contributed by atoms with Crippen molar-refractivity contribution in [2.45, 2.75) is 39.2 Å². The van der Waals surface area contributed by atoms with Crippen molar-refractivity contribution in [3.63, 3.8) is 0 Å². The normalized spacial score (nSPS) is 11.4. The lowest BCUT2D eigenvalue weighted by Gasteiger charge is -2.18. The molecule has 0 aliphatic rings. The van der Waals surface area contributed by atoms with E-state index in [0.717, 1.165) is 11.1 Å². The van der Waals surface area contributed by atoms with Crippen LogP contribution in [0.15, 0.2) is 60.7 Å². The molecule has 2 aromatic carbocycles. The van der Waals surface area contributed by atoms with Crippen molar-refractivity contribution in [3.05, 3.63) is 77.4 Å². The van der Waals surface area contributed by atoms with E-state index in [1.165, 1.54) is 11.6 Å². The molecule has 4 heteroatoms. The van der Waals surface area contributed by atoms with Crippen molar-refractivity contribution in [2.24, 2.45) is 0 Å². The molecule has 27 heavy (non-hydrogen) atoms. The van der Waals surface area contributed by atoms with Crippen LogP contribution in [0.3, 0.4) is 0 Å². The van der Waals surface area contributed by atoms with Gasteiger partial charge in [-0.2, -0.15) is 0 Å². The molecule has 2 aromatic rings. The molecule has 0 aliphatic heterocycles. The van der Waals surface area contributed by atoms with E-state index < -0.39 is 0 Å². The summed E-state index contributed by atoms with van der Waals surface area (Å²) >= 11 is 0.